The average Bonchev–Trinajstić information content (AvgIpc) is 3.43. The normalized spacial score (nSPS) is 13.1. The van der Waals surface area contributed by atoms with Gasteiger partial charge in [-0.05, 0) is 18.2 Å². The highest BCUT2D eigenvalue weighted by Crippen LogP contribution is 2.35. The van der Waals surface area contributed by atoms with E-state index in [1.165, 1.54) is 28.5 Å². The van der Waals surface area contributed by atoms with Crippen LogP contribution in [-0.4, -0.2) is 26.5 Å². The molecule has 32 heavy (non-hydrogen) atoms. The Balaban J connectivity index is 1.36. The van der Waals surface area contributed by atoms with Crippen molar-refractivity contribution in [2.75, 3.05) is 6.79 Å². The third kappa shape index (κ3) is 3.66. The van der Waals surface area contributed by atoms with Crippen LogP contribution in [0.15, 0.2) is 50.9 Å². The Morgan fingerprint density at radius 2 is 1.81 bits per heavy atom. The van der Waals surface area contributed by atoms with Gasteiger partial charge in [-0.1, -0.05) is 29.1 Å². The zero-order chi connectivity index (χ0) is 22.5. The van der Waals surface area contributed by atoms with Gasteiger partial charge in [-0.3, -0.25) is 9.36 Å². The molecule has 0 aliphatic carbocycles. The van der Waals surface area contributed by atoms with Crippen LogP contribution in [0, 0.1) is 0 Å². The van der Waals surface area contributed by atoms with Crippen LogP contribution in [0.3, 0.4) is 0 Å². The highest BCUT2D eigenvalue weighted by atomic mass is 32.2. The Bertz CT molecular complexity index is 1380. The van der Waals surface area contributed by atoms with Gasteiger partial charge in [0.25, 0.3) is 5.56 Å². The SMILES string of the molecule is Cn1c(SCc2nc(-c3ccc(C(F)(F)F)cc3)no2)nc2cc3c(cc2c1=O)OCO3. The Hall–Kier alpha value is -3.54. The van der Waals surface area contributed by atoms with Crippen molar-refractivity contribution < 1.29 is 27.2 Å². The summed E-state index contributed by atoms with van der Waals surface area (Å²) in [6.07, 6.45) is -4.42. The molecule has 1 aliphatic heterocycles. The second kappa shape index (κ2) is 7.55. The second-order valence-corrected chi connectivity index (χ2v) is 7.80. The molecule has 0 unspecified atom stereocenters. The molecule has 1 aliphatic rings. The maximum Gasteiger partial charge on any atom is 0.416 e. The molecule has 0 bridgehead atoms. The van der Waals surface area contributed by atoms with Crippen LogP contribution in [0.5, 0.6) is 11.5 Å². The predicted octanol–water partition coefficient (Wildman–Crippen LogP) is 4.02. The lowest BCUT2D eigenvalue weighted by Crippen LogP contribution is -2.20. The zero-order valence-corrected chi connectivity index (χ0v) is 17.2. The topological polar surface area (TPSA) is 92.3 Å². The van der Waals surface area contributed by atoms with Crippen LogP contribution in [0.2, 0.25) is 0 Å². The van der Waals surface area contributed by atoms with Crippen molar-refractivity contribution in [1.82, 2.24) is 19.7 Å². The molecule has 0 saturated heterocycles. The number of halogens is 3. The van der Waals surface area contributed by atoms with Crippen molar-refractivity contribution in [3.05, 3.63) is 58.2 Å². The van der Waals surface area contributed by atoms with E-state index in [0.29, 0.717) is 33.1 Å². The first-order valence-electron chi connectivity index (χ1n) is 9.23. The number of benzene rings is 2. The van der Waals surface area contributed by atoms with Gasteiger partial charge in [0, 0.05) is 18.7 Å². The van der Waals surface area contributed by atoms with Crippen LogP contribution in [-0.2, 0) is 19.0 Å². The quantitative estimate of drug-likeness (QED) is 0.332. The highest BCUT2D eigenvalue weighted by molar-refractivity contribution is 7.98. The average molecular weight is 462 g/mol. The van der Waals surface area contributed by atoms with Crippen LogP contribution in [0.4, 0.5) is 13.2 Å². The summed E-state index contributed by atoms with van der Waals surface area (Å²) in [5.74, 6) is 1.64. The van der Waals surface area contributed by atoms with E-state index >= 15 is 0 Å². The van der Waals surface area contributed by atoms with Crippen LogP contribution >= 0.6 is 11.8 Å². The minimum absolute atomic E-state index is 0.0893. The Kier molecular flexibility index (Phi) is 4.81. The molecule has 0 spiro atoms. The van der Waals surface area contributed by atoms with Gasteiger partial charge in [0.15, 0.2) is 16.7 Å². The number of hydrogen-bond donors (Lipinski definition) is 0. The van der Waals surface area contributed by atoms with Gasteiger partial charge < -0.3 is 14.0 Å². The molecular formula is C20H13F3N4O4S. The standard InChI is InChI=1S/C20H13F3N4O4S/c1-27-18(28)12-6-14-15(30-9-29-14)7-13(12)24-19(27)32-8-16-25-17(26-31-16)10-2-4-11(5-3-10)20(21,22)23/h2-7H,8-9H2,1H3. The van der Waals surface area contributed by atoms with Crippen LogP contribution < -0.4 is 15.0 Å². The maximum atomic E-state index is 12.7. The lowest BCUT2D eigenvalue weighted by Gasteiger charge is -2.08. The summed E-state index contributed by atoms with van der Waals surface area (Å²) in [6.45, 7) is 0.0893. The number of ether oxygens (including phenoxy) is 2. The van der Waals surface area contributed by atoms with Crippen molar-refractivity contribution in [3.8, 4) is 22.9 Å². The molecule has 0 atom stereocenters. The third-order valence-corrected chi connectivity index (χ3v) is 5.81. The first kappa shape index (κ1) is 20.4. The first-order valence-corrected chi connectivity index (χ1v) is 10.2. The van der Waals surface area contributed by atoms with E-state index in [0.717, 1.165) is 12.1 Å². The monoisotopic (exact) mass is 462 g/mol. The van der Waals surface area contributed by atoms with Crippen molar-refractivity contribution in [3.63, 3.8) is 0 Å². The molecule has 0 amide bonds. The number of rotatable bonds is 4. The molecule has 0 saturated carbocycles. The lowest BCUT2D eigenvalue weighted by molar-refractivity contribution is -0.137. The molecule has 3 heterocycles. The summed E-state index contributed by atoms with van der Waals surface area (Å²) in [7, 11) is 1.60. The van der Waals surface area contributed by atoms with Gasteiger partial charge in [-0.15, -0.1) is 0 Å². The van der Waals surface area contributed by atoms with Crippen molar-refractivity contribution in [2.45, 2.75) is 17.1 Å². The number of aromatic nitrogens is 4. The molecule has 2 aromatic heterocycles. The van der Waals surface area contributed by atoms with E-state index in [2.05, 4.69) is 15.1 Å². The van der Waals surface area contributed by atoms with Gasteiger partial charge in [-0.25, -0.2) is 4.98 Å². The van der Waals surface area contributed by atoms with Crippen LogP contribution in [0.1, 0.15) is 11.5 Å². The van der Waals surface area contributed by atoms with E-state index in [4.69, 9.17) is 14.0 Å². The number of hydrogen-bond acceptors (Lipinski definition) is 8. The fourth-order valence-electron chi connectivity index (χ4n) is 3.14. The van der Waals surface area contributed by atoms with Gasteiger partial charge in [0.05, 0.1) is 22.2 Å². The molecule has 0 radical (unpaired) electrons. The summed E-state index contributed by atoms with van der Waals surface area (Å²) in [4.78, 5) is 21.5. The van der Waals surface area contributed by atoms with Gasteiger partial charge in [0.2, 0.25) is 18.5 Å². The first-order chi connectivity index (χ1) is 15.3. The number of alkyl halides is 3. The lowest BCUT2D eigenvalue weighted by atomic mass is 10.1. The summed E-state index contributed by atoms with van der Waals surface area (Å²) in [5, 5.41) is 4.65. The third-order valence-electron chi connectivity index (χ3n) is 4.79. The zero-order valence-electron chi connectivity index (χ0n) is 16.3. The molecule has 0 N–H and O–H groups in total. The van der Waals surface area contributed by atoms with Crippen molar-refractivity contribution in [2.24, 2.45) is 7.05 Å². The summed E-state index contributed by atoms with van der Waals surface area (Å²) in [5.41, 5.74) is -0.140. The van der Waals surface area contributed by atoms with Gasteiger partial charge in [-0.2, -0.15) is 18.2 Å². The molecule has 2 aromatic carbocycles. The molecule has 164 valence electrons. The molecule has 12 heteroatoms. The van der Waals surface area contributed by atoms with Crippen molar-refractivity contribution >= 4 is 22.7 Å². The van der Waals surface area contributed by atoms with Gasteiger partial charge in [0.1, 0.15) is 0 Å². The fraction of sp³-hybridized carbons (Fsp3) is 0.200. The Morgan fingerprint density at radius 1 is 1.09 bits per heavy atom. The largest absolute Gasteiger partial charge is 0.454 e. The molecule has 4 aromatic rings. The molecule has 5 rings (SSSR count). The highest BCUT2D eigenvalue weighted by Gasteiger charge is 2.30. The minimum Gasteiger partial charge on any atom is -0.454 e. The molecule has 8 nitrogen and oxygen atoms in total. The van der Waals surface area contributed by atoms with E-state index < -0.39 is 11.7 Å². The molecule has 0 fully saturated rings. The van der Waals surface area contributed by atoms with Gasteiger partial charge >= 0.3 is 6.18 Å². The second-order valence-electron chi connectivity index (χ2n) is 6.86. The van der Waals surface area contributed by atoms with E-state index in [1.54, 1.807) is 19.2 Å². The Morgan fingerprint density at radius 3 is 2.53 bits per heavy atom. The van der Waals surface area contributed by atoms with Crippen LogP contribution in [0.25, 0.3) is 22.3 Å². The smallest absolute Gasteiger partial charge is 0.416 e. The van der Waals surface area contributed by atoms with E-state index in [-0.39, 0.29) is 29.8 Å². The van der Waals surface area contributed by atoms with E-state index in [1.807, 2.05) is 0 Å². The van der Waals surface area contributed by atoms with E-state index in [9.17, 15) is 18.0 Å². The number of nitrogens with zero attached hydrogens (tertiary/aromatic N) is 4. The summed E-state index contributed by atoms with van der Waals surface area (Å²) in [6, 6.07) is 7.74. The van der Waals surface area contributed by atoms with Crippen molar-refractivity contribution in [1.29, 1.82) is 0 Å². The number of fused-ring (bicyclic) bond motifs is 2. The summed E-state index contributed by atoms with van der Waals surface area (Å²) >= 11 is 1.21. The summed E-state index contributed by atoms with van der Waals surface area (Å²) < 4.78 is 55.4. The molecular weight excluding hydrogens is 449 g/mol. The Labute approximate surface area is 182 Å². The maximum absolute atomic E-state index is 12.7. The number of thioether (sulfide) groups is 1. The predicted molar refractivity (Wildman–Crippen MR) is 107 cm³/mol. The minimum atomic E-state index is -4.42. The fourth-order valence-corrected chi connectivity index (χ4v) is 3.94.